The van der Waals surface area contributed by atoms with Crippen molar-refractivity contribution in [3.05, 3.63) is 0 Å². The molecule has 10 atom stereocenters. The van der Waals surface area contributed by atoms with Crippen molar-refractivity contribution in [1.82, 2.24) is 5.01 Å². The van der Waals surface area contributed by atoms with Gasteiger partial charge in [-0.05, 0) is 31.8 Å². The van der Waals surface area contributed by atoms with E-state index in [1.54, 1.807) is 0 Å². The van der Waals surface area contributed by atoms with E-state index in [0.717, 1.165) is 53.6 Å². The van der Waals surface area contributed by atoms with Gasteiger partial charge in [0.25, 0.3) is 0 Å². The molecule has 5 saturated carbocycles. The fourth-order valence-electron chi connectivity index (χ4n) is 7.81. The van der Waals surface area contributed by atoms with Gasteiger partial charge in [0, 0.05) is 38.5 Å². The third-order valence-corrected chi connectivity index (χ3v) is 7.95. The SMILES string of the molecule is CC(C)(C)N1[NH+][C@H]2C3C4C5C3[C@@H]1[C@H]1[C@@H]2[C@@H]4N=[N+](C(C)(C)C)[C@@H]51. The molecular formula is C18H29N4+2. The molecule has 0 aromatic carbocycles. The number of hydrogen-bond acceptors (Lipinski definition) is 3. The first-order valence-corrected chi connectivity index (χ1v) is 9.27. The summed E-state index contributed by atoms with van der Waals surface area (Å²) in [6.45, 7) is 14.2. The molecule has 1 radical (unpaired) electrons. The van der Waals surface area contributed by atoms with E-state index in [1.807, 2.05) is 0 Å². The fraction of sp³-hybridized carbons (Fsp3) is 1.00. The molecule has 5 aliphatic carbocycles. The number of azo groups is 2. The molecule has 0 amide bonds. The number of fused-ring (bicyclic) bond motifs is 1. The van der Waals surface area contributed by atoms with Gasteiger partial charge < -0.3 is 0 Å². The highest BCUT2D eigenvalue weighted by molar-refractivity contribution is 5.32. The zero-order chi connectivity index (χ0) is 15.3. The lowest BCUT2D eigenvalue weighted by Gasteiger charge is -2.55. The van der Waals surface area contributed by atoms with Crippen molar-refractivity contribution in [2.75, 3.05) is 0 Å². The second kappa shape index (κ2) is 3.19. The first-order valence-electron chi connectivity index (χ1n) is 9.27. The minimum Gasteiger partial charge on any atom is -0.119 e. The van der Waals surface area contributed by atoms with Crippen molar-refractivity contribution < 1.29 is 10.1 Å². The highest BCUT2D eigenvalue weighted by Crippen LogP contribution is 2.76. The Morgan fingerprint density at radius 1 is 0.864 bits per heavy atom. The van der Waals surface area contributed by atoms with E-state index in [1.165, 1.54) is 0 Å². The van der Waals surface area contributed by atoms with Crippen LogP contribution in [-0.2, 0) is 0 Å². The summed E-state index contributed by atoms with van der Waals surface area (Å²) in [4.78, 5) is 0. The van der Waals surface area contributed by atoms with E-state index in [2.05, 4.69) is 56.7 Å². The number of hydrogen-bond donors (Lipinski definition) is 1. The molecule has 10 bridgehead atoms. The van der Waals surface area contributed by atoms with Gasteiger partial charge in [-0.2, -0.15) is 0 Å². The van der Waals surface area contributed by atoms with Gasteiger partial charge in [0.05, 0.1) is 23.4 Å². The lowest BCUT2D eigenvalue weighted by Crippen LogP contribution is -3.09. The van der Waals surface area contributed by atoms with Crippen LogP contribution in [0.3, 0.4) is 0 Å². The molecule has 4 heterocycles. The maximum Gasteiger partial charge on any atom is 0.187 e. The Kier molecular flexibility index (Phi) is 1.87. The molecule has 4 unspecified atom stereocenters. The zero-order valence-corrected chi connectivity index (χ0v) is 14.6. The van der Waals surface area contributed by atoms with E-state index in [9.17, 15) is 0 Å². The van der Waals surface area contributed by atoms with E-state index < -0.39 is 0 Å². The molecule has 4 nitrogen and oxygen atoms in total. The predicted molar refractivity (Wildman–Crippen MR) is 81.1 cm³/mol. The Morgan fingerprint density at radius 3 is 2.23 bits per heavy atom. The molecule has 0 aromatic heterocycles. The van der Waals surface area contributed by atoms with Crippen molar-refractivity contribution in [3.8, 4) is 0 Å². The van der Waals surface area contributed by atoms with E-state index >= 15 is 0 Å². The van der Waals surface area contributed by atoms with Crippen molar-refractivity contribution in [3.63, 3.8) is 0 Å². The molecule has 4 aliphatic heterocycles. The second-order valence-electron chi connectivity index (χ2n) is 10.8. The maximum atomic E-state index is 5.28. The van der Waals surface area contributed by atoms with Gasteiger partial charge in [-0.15, -0.1) is 4.70 Å². The van der Waals surface area contributed by atoms with Crippen LogP contribution in [0.25, 0.3) is 0 Å². The summed E-state index contributed by atoms with van der Waals surface area (Å²) in [5, 5.41) is 7.95. The van der Waals surface area contributed by atoms with Crippen molar-refractivity contribution in [1.29, 1.82) is 0 Å². The second-order valence-corrected chi connectivity index (χ2v) is 10.8. The van der Waals surface area contributed by atoms with Gasteiger partial charge in [-0.3, -0.25) is 0 Å². The molecule has 1 N–H and O–H groups in total. The standard InChI is InChI=1S/C18H29N4/c1-17(2,3)21-15-9-7-8-10(9)16-12(15)11(13(7)19-21)14(8)20-22(16)18(4,5)6/h7-16,19H,1-6H3/q+2/t7?,8?,9?,10?,11-,12+,13-,14+,15+,16-/m0/s1. The lowest BCUT2D eigenvalue weighted by atomic mass is 9.55. The Morgan fingerprint density at radius 2 is 1.59 bits per heavy atom. The molecule has 119 valence electrons. The van der Waals surface area contributed by atoms with Crippen LogP contribution in [0, 0.1) is 35.5 Å². The Balaban J connectivity index is 1.53. The monoisotopic (exact) mass is 301 g/mol. The molecule has 0 spiro atoms. The Bertz CT molecular complexity index is 612. The average Bonchev–Trinajstić information content (AvgIpc) is 2.73. The third kappa shape index (κ3) is 1.06. The first-order chi connectivity index (χ1) is 10.2. The van der Waals surface area contributed by atoms with Crippen molar-refractivity contribution in [2.24, 2.45) is 40.6 Å². The third-order valence-electron chi connectivity index (χ3n) is 7.95. The summed E-state index contributed by atoms with van der Waals surface area (Å²) in [6.07, 6.45) is 0. The minimum atomic E-state index is 0.181. The first kappa shape index (κ1) is 12.9. The highest BCUT2D eigenvalue weighted by atomic mass is 15.6. The van der Waals surface area contributed by atoms with Gasteiger partial charge in [-0.1, -0.05) is 10.4 Å². The van der Waals surface area contributed by atoms with Gasteiger partial charge >= 0.3 is 0 Å². The number of nitrogens with one attached hydrogen (secondary N) is 1. The number of nitrogens with zero attached hydrogens (tertiary/aromatic N) is 3. The van der Waals surface area contributed by atoms with Crippen LogP contribution in [0.15, 0.2) is 5.11 Å². The van der Waals surface area contributed by atoms with E-state index in [-0.39, 0.29) is 11.1 Å². The highest BCUT2D eigenvalue weighted by Gasteiger charge is 2.91. The molecule has 22 heavy (non-hydrogen) atoms. The van der Waals surface area contributed by atoms with E-state index in [4.69, 9.17) is 5.11 Å². The van der Waals surface area contributed by atoms with Crippen LogP contribution >= 0.6 is 0 Å². The Hall–Kier alpha value is -0.480. The fourth-order valence-corrected chi connectivity index (χ4v) is 7.81. The van der Waals surface area contributed by atoms with Crippen LogP contribution < -0.4 is 5.43 Å². The summed E-state index contributed by atoms with van der Waals surface area (Å²) in [6, 6.07) is 2.84. The van der Waals surface area contributed by atoms with Crippen LogP contribution in [0.1, 0.15) is 41.5 Å². The summed E-state index contributed by atoms with van der Waals surface area (Å²) in [5.74, 6) is 5.44. The van der Waals surface area contributed by atoms with E-state index in [0.29, 0.717) is 6.04 Å². The quantitative estimate of drug-likeness (QED) is 0.662. The average molecular weight is 301 g/mol. The van der Waals surface area contributed by atoms with Crippen LogP contribution in [0.2, 0.25) is 0 Å². The zero-order valence-electron chi connectivity index (χ0n) is 14.6. The van der Waals surface area contributed by atoms with Crippen LogP contribution in [0.4, 0.5) is 0 Å². The molecule has 0 aromatic rings. The molecule has 2 saturated heterocycles. The summed E-state index contributed by atoms with van der Waals surface area (Å²) in [7, 11) is 0. The van der Waals surface area contributed by atoms with Gasteiger partial charge in [0.15, 0.2) is 17.6 Å². The maximum absolute atomic E-state index is 5.28. The number of hydrazine groups is 1. The molecule has 9 aliphatic rings. The lowest BCUT2D eigenvalue weighted by molar-refractivity contribution is -0.881. The van der Waals surface area contributed by atoms with Crippen LogP contribution in [0.5, 0.6) is 0 Å². The number of rotatable bonds is 0. The normalized spacial score (nSPS) is 60.2. The van der Waals surface area contributed by atoms with Gasteiger partial charge in [-0.25, -0.2) is 0 Å². The van der Waals surface area contributed by atoms with Crippen molar-refractivity contribution in [2.45, 2.75) is 76.8 Å². The van der Waals surface area contributed by atoms with Gasteiger partial charge in [0.1, 0.15) is 6.04 Å². The summed E-state index contributed by atoms with van der Waals surface area (Å²) >= 11 is 0. The minimum absolute atomic E-state index is 0.181. The molecule has 7 fully saturated rings. The smallest absolute Gasteiger partial charge is 0.119 e. The summed E-state index contributed by atoms with van der Waals surface area (Å²) in [5.41, 5.74) is 4.37. The molecular weight excluding hydrogens is 272 g/mol. The van der Waals surface area contributed by atoms with Crippen molar-refractivity contribution >= 4 is 0 Å². The summed E-state index contributed by atoms with van der Waals surface area (Å²) < 4.78 is 2.55. The van der Waals surface area contributed by atoms with Gasteiger partial charge in [0.2, 0.25) is 0 Å². The largest absolute Gasteiger partial charge is 0.187 e. The van der Waals surface area contributed by atoms with Crippen LogP contribution in [-0.4, -0.2) is 45.0 Å². The molecule has 4 heteroatoms. The Labute approximate surface area is 133 Å². The molecule has 9 rings (SSSR count). The predicted octanol–water partition coefficient (Wildman–Crippen LogP) is 0.868. The topological polar surface area (TPSA) is 34.2 Å².